The monoisotopic (exact) mass is 397 g/mol. The third kappa shape index (κ3) is 4.07. The zero-order valence-corrected chi connectivity index (χ0v) is 16.3. The van der Waals surface area contributed by atoms with Crippen LogP contribution in [0.1, 0.15) is 12.8 Å². The fraction of sp³-hybridized carbons (Fsp3) is 0.350. The van der Waals surface area contributed by atoms with Crippen LogP contribution in [0.3, 0.4) is 0 Å². The minimum Gasteiger partial charge on any atom is -0.492 e. The van der Waals surface area contributed by atoms with E-state index in [0.717, 1.165) is 46.9 Å². The maximum Gasteiger partial charge on any atom is 0.229 e. The van der Waals surface area contributed by atoms with Crippen molar-refractivity contribution < 1.29 is 9.53 Å². The van der Waals surface area contributed by atoms with Crippen LogP contribution in [0.25, 0.3) is 10.2 Å². The van der Waals surface area contributed by atoms with Gasteiger partial charge in [0.25, 0.3) is 0 Å². The van der Waals surface area contributed by atoms with Gasteiger partial charge in [-0.2, -0.15) is 0 Å². The molecule has 0 aliphatic carbocycles. The van der Waals surface area contributed by atoms with Crippen molar-refractivity contribution >= 4 is 39.0 Å². The molecule has 0 saturated carbocycles. The quantitative estimate of drug-likeness (QED) is 0.664. The van der Waals surface area contributed by atoms with E-state index in [1.807, 2.05) is 35.7 Å². The number of rotatable bonds is 6. The molecule has 3 N–H and O–H groups in total. The zero-order chi connectivity index (χ0) is 19.3. The normalized spacial score (nSPS) is 16.9. The topological polar surface area (TPSA) is 93.4 Å². The summed E-state index contributed by atoms with van der Waals surface area (Å²) < 4.78 is 5.47. The van der Waals surface area contributed by atoms with E-state index in [1.54, 1.807) is 17.7 Å². The van der Waals surface area contributed by atoms with Gasteiger partial charge in [0.05, 0.1) is 11.3 Å². The third-order valence-corrected chi connectivity index (χ3v) is 5.66. The molecular weight excluding hydrogens is 374 g/mol. The van der Waals surface area contributed by atoms with Gasteiger partial charge in [-0.3, -0.25) is 4.79 Å². The van der Waals surface area contributed by atoms with Crippen LogP contribution in [0.2, 0.25) is 0 Å². The summed E-state index contributed by atoms with van der Waals surface area (Å²) in [6.07, 6.45) is 3.43. The molecule has 4 rings (SSSR count). The average molecular weight is 398 g/mol. The van der Waals surface area contributed by atoms with Gasteiger partial charge in [-0.05, 0) is 48.6 Å². The summed E-state index contributed by atoms with van der Waals surface area (Å²) in [7, 11) is 0. The number of fused-ring (bicyclic) bond motifs is 1. The Labute approximate surface area is 167 Å². The van der Waals surface area contributed by atoms with E-state index < -0.39 is 0 Å². The van der Waals surface area contributed by atoms with Crippen LogP contribution in [0.4, 0.5) is 11.5 Å². The molecule has 1 aliphatic heterocycles. The van der Waals surface area contributed by atoms with Gasteiger partial charge in [0.2, 0.25) is 5.91 Å². The first-order chi connectivity index (χ1) is 13.7. The number of hydrogen-bond acceptors (Lipinski definition) is 7. The second-order valence-electron chi connectivity index (χ2n) is 6.77. The summed E-state index contributed by atoms with van der Waals surface area (Å²) in [6, 6.07) is 9.43. The Bertz CT molecular complexity index is 943. The smallest absolute Gasteiger partial charge is 0.229 e. The Hall–Kier alpha value is -2.71. The lowest BCUT2D eigenvalue weighted by Crippen LogP contribution is -2.41. The number of thiophene rings is 1. The van der Waals surface area contributed by atoms with Gasteiger partial charge < -0.3 is 20.7 Å². The van der Waals surface area contributed by atoms with E-state index in [2.05, 4.69) is 20.2 Å². The van der Waals surface area contributed by atoms with Crippen molar-refractivity contribution in [2.24, 2.45) is 11.7 Å². The summed E-state index contributed by atoms with van der Waals surface area (Å²) in [4.78, 5) is 24.8. The summed E-state index contributed by atoms with van der Waals surface area (Å²) in [5.74, 6) is 1.63. The largest absolute Gasteiger partial charge is 0.492 e. The number of carbonyl (C=O) groups is 1. The van der Waals surface area contributed by atoms with Crippen LogP contribution in [0.15, 0.2) is 42.0 Å². The Morgan fingerprint density at radius 1 is 1.29 bits per heavy atom. The fourth-order valence-corrected chi connectivity index (χ4v) is 4.20. The Morgan fingerprint density at radius 3 is 2.96 bits per heavy atom. The highest BCUT2D eigenvalue weighted by atomic mass is 32.1. The number of amides is 1. The van der Waals surface area contributed by atoms with E-state index in [0.29, 0.717) is 19.7 Å². The molecule has 2 aromatic heterocycles. The summed E-state index contributed by atoms with van der Waals surface area (Å²) in [5, 5.41) is 6.11. The standard InChI is InChI=1S/C20H23N5O2S/c21-8-10-27-16-5-3-15(4-6-16)24-19(26)14-2-1-9-25(12-14)18-17-7-11-28-20(17)23-13-22-18/h3-7,11,13-14H,1-2,8-10,12,21H2,(H,24,26). The first kappa shape index (κ1) is 18.6. The van der Waals surface area contributed by atoms with Crippen molar-refractivity contribution in [3.63, 3.8) is 0 Å². The molecule has 1 aromatic carbocycles. The van der Waals surface area contributed by atoms with Crippen LogP contribution < -0.4 is 20.7 Å². The number of anilines is 2. The molecule has 28 heavy (non-hydrogen) atoms. The molecule has 0 radical (unpaired) electrons. The number of benzene rings is 1. The number of ether oxygens (including phenoxy) is 1. The van der Waals surface area contributed by atoms with Crippen LogP contribution in [-0.4, -0.2) is 42.1 Å². The molecule has 0 bridgehead atoms. The molecule has 7 nitrogen and oxygen atoms in total. The average Bonchev–Trinajstić information content (AvgIpc) is 3.22. The molecule has 1 unspecified atom stereocenters. The third-order valence-electron chi connectivity index (χ3n) is 4.84. The van der Waals surface area contributed by atoms with Crippen molar-refractivity contribution in [2.45, 2.75) is 12.8 Å². The maximum absolute atomic E-state index is 12.8. The van der Waals surface area contributed by atoms with Gasteiger partial charge in [-0.25, -0.2) is 9.97 Å². The minimum absolute atomic E-state index is 0.0379. The second kappa shape index (κ2) is 8.53. The van der Waals surface area contributed by atoms with Gasteiger partial charge in [-0.15, -0.1) is 11.3 Å². The Kier molecular flexibility index (Phi) is 5.68. The van der Waals surface area contributed by atoms with Gasteiger partial charge in [0.15, 0.2) is 0 Å². The molecule has 1 saturated heterocycles. The van der Waals surface area contributed by atoms with Gasteiger partial charge in [0, 0.05) is 25.3 Å². The molecule has 1 amide bonds. The van der Waals surface area contributed by atoms with Gasteiger partial charge >= 0.3 is 0 Å². The molecule has 1 aliphatic rings. The van der Waals surface area contributed by atoms with E-state index in [9.17, 15) is 4.79 Å². The lowest BCUT2D eigenvalue weighted by molar-refractivity contribution is -0.120. The Balaban J connectivity index is 1.41. The first-order valence-corrected chi connectivity index (χ1v) is 10.3. The van der Waals surface area contributed by atoms with E-state index >= 15 is 0 Å². The van der Waals surface area contributed by atoms with Crippen LogP contribution in [0.5, 0.6) is 5.75 Å². The number of aromatic nitrogens is 2. The number of nitrogens with one attached hydrogen (secondary N) is 1. The predicted octanol–water partition coefficient (Wildman–Crippen LogP) is 2.88. The highest BCUT2D eigenvalue weighted by Gasteiger charge is 2.27. The number of hydrogen-bond donors (Lipinski definition) is 2. The number of nitrogens with two attached hydrogens (primary N) is 1. The molecule has 0 spiro atoms. The van der Waals surface area contributed by atoms with Crippen LogP contribution in [-0.2, 0) is 4.79 Å². The van der Waals surface area contributed by atoms with Crippen molar-refractivity contribution in [1.29, 1.82) is 0 Å². The number of nitrogens with zero attached hydrogens (tertiary/aromatic N) is 3. The lowest BCUT2D eigenvalue weighted by atomic mass is 9.97. The first-order valence-electron chi connectivity index (χ1n) is 9.41. The summed E-state index contributed by atoms with van der Waals surface area (Å²) in [5.41, 5.74) is 6.21. The van der Waals surface area contributed by atoms with Crippen LogP contribution >= 0.6 is 11.3 Å². The van der Waals surface area contributed by atoms with E-state index in [1.165, 1.54) is 0 Å². The highest BCUT2D eigenvalue weighted by molar-refractivity contribution is 7.16. The zero-order valence-electron chi connectivity index (χ0n) is 15.5. The van der Waals surface area contributed by atoms with Crippen molar-refractivity contribution in [3.8, 4) is 5.75 Å². The van der Waals surface area contributed by atoms with E-state index in [4.69, 9.17) is 10.5 Å². The van der Waals surface area contributed by atoms with Crippen molar-refractivity contribution in [2.75, 3.05) is 36.5 Å². The molecule has 146 valence electrons. The van der Waals surface area contributed by atoms with Crippen molar-refractivity contribution in [1.82, 2.24) is 9.97 Å². The Morgan fingerprint density at radius 2 is 2.14 bits per heavy atom. The molecule has 1 fully saturated rings. The molecule has 3 heterocycles. The van der Waals surface area contributed by atoms with Gasteiger partial charge in [0.1, 0.15) is 29.3 Å². The SMILES string of the molecule is NCCOc1ccc(NC(=O)C2CCCN(c3ncnc4sccc34)C2)cc1. The maximum atomic E-state index is 12.8. The molecule has 1 atom stereocenters. The molecule has 3 aromatic rings. The predicted molar refractivity (Wildman–Crippen MR) is 112 cm³/mol. The van der Waals surface area contributed by atoms with Crippen LogP contribution in [0, 0.1) is 5.92 Å². The van der Waals surface area contributed by atoms with E-state index in [-0.39, 0.29) is 11.8 Å². The van der Waals surface area contributed by atoms with Crippen molar-refractivity contribution in [3.05, 3.63) is 42.0 Å². The lowest BCUT2D eigenvalue weighted by Gasteiger charge is -2.33. The second-order valence-corrected chi connectivity index (χ2v) is 7.67. The van der Waals surface area contributed by atoms with Gasteiger partial charge in [-0.1, -0.05) is 0 Å². The number of piperidine rings is 1. The highest BCUT2D eigenvalue weighted by Crippen LogP contribution is 2.30. The summed E-state index contributed by atoms with van der Waals surface area (Å²) in [6.45, 7) is 2.51. The minimum atomic E-state index is -0.0782. The molecule has 8 heteroatoms. The fourth-order valence-electron chi connectivity index (χ4n) is 3.47. The molecular formula is C20H23N5O2S. The summed E-state index contributed by atoms with van der Waals surface area (Å²) >= 11 is 1.61. The number of carbonyl (C=O) groups excluding carboxylic acids is 1.